The van der Waals surface area contributed by atoms with Crippen LogP contribution in [0.1, 0.15) is 18.9 Å². The molecule has 0 saturated carbocycles. The van der Waals surface area contributed by atoms with E-state index in [0.29, 0.717) is 6.42 Å². The SMILES string of the molecule is CC/C(=N\N=C(N)N)c1ccc(O)cc1. The Morgan fingerprint density at radius 3 is 2.27 bits per heavy atom. The van der Waals surface area contributed by atoms with Gasteiger partial charge in [0.1, 0.15) is 5.75 Å². The highest BCUT2D eigenvalue weighted by molar-refractivity contribution is 6.00. The Morgan fingerprint density at radius 2 is 1.80 bits per heavy atom. The molecule has 0 aliphatic carbocycles. The van der Waals surface area contributed by atoms with Crippen LogP contribution in [0.15, 0.2) is 34.5 Å². The minimum absolute atomic E-state index is 0.0697. The number of aromatic hydroxyl groups is 1. The minimum Gasteiger partial charge on any atom is -0.508 e. The Labute approximate surface area is 88.1 Å². The summed E-state index contributed by atoms with van der Waals surface area (Å²) in [6.45, 7) is 1.95. The predicted octanol–water partition coefficient (Wildman–Crippen LogP) is 0.780. The molecule has 0 amide bonds. The first kappa shape index (κ1) is 11.0. The van der Waals surface area contributed by atoms with Crippen LogP contribution in [-0.2, 0) is 0 Å². The first-order valence-corrected chi connectivity index (χ1v) is 4.58. The van der Waals surface area contributed by atoms with E-state index in [1.165, 1.54) is 0 Å². The Morgan fingerprint density at radius 1 is 1.20 bits per heavy atom. The second-order valence-electron chi connectivity index (χ2n) is 2.97. The van der Waals surface area contributed by atoms with Crippen molar-refractivity contribution in [3.05, 3.63) is 29.8 Å². The maximum atomic E-state index is 9.12. The fourth-order valence-electron chi connectivity index (χ4n) is 1.10. The van der Waals surface area contributed by atoms with E-state index in [1.54, 1.807) is 24.3 Å². The Bertz CT molecular complexity index is 377. The zero-order chi connectivity index (χ0) is 11.3. The third-order valence-corrected chi connectivity index (χ3v) is 1.82. The molecule has 0 saturated heterocycles. The van der Waals surface area contributed by atoms with Gasteiger partial charge in [-0.2, -0.15) is 5.10 Å². The highest BCUT2D eigenvalue weighted by Crippen LogP contribution is 2.11. The molecule has 0 aliphatic heterocycles. The van der Waals surface area contributed by atoms with Crippen LogP contribution in [0, 0.1) is 0 Å². The largest absolute Gasteiger partial charge is 0.508 e. The van der Waals surface area contributed by atoms with Gasteiger partial charge in [-0.15, -0.1) is 5.10 Å². The average molecular weight is 206 g/mol. The summed E-state index contributed by atoms with van der Waals surface area (Å²) < 4.78 is 0. The molecule has 0 bridgehead atoms. The van der Waals surface area contributed by atoms with Crippen molar-refractivity contribution in [3.8, 4) is 5.75 Å². The Kier molecular flexibility index (Phi) is 3.68. The van der Waals surface area contributed by atoms with Gasteiger partial charge in [0.25, 0.3) is 0 Å². The molecule has 0 unspecified atom stereocenters. The maximum Gasteiger partial charge on any atom is 0.211 e. The van der Waals surface area contributed by atoms with Crippen LogP contribution < -0.4 is 11.5 Å². The molecule has 1 aromatic rings. The summed E-state index contributed by atoms with van der Waals surface area (Å²) >= 11 is 0. The van der Waals surface area contributed by atoms with Gasteiger partial charge in [-0.1, -0.05) is 6.92 Å². The van der Waals surface area contributed by atoms with Crippen LogP contribution >= 0.6 is 0 Å². The van der Waals surface area contributed by atoms with Crippen LogP contribution in [-0.4, -0.2) is 16.8 Å². The van der Waals surface area contributed by atoms with Crippen LogP contribution in [0.4, 0.5) is 0 Å². The normalized spacial score (nSPS) is 11.1. The second kappa shape index (κ2) is 4.99. The average Bonchev–Trinajstić information content (AvgIpc) is 2.21. The van der Waals surface area contributed by atoms with Crippen molar-refractivity contribution in [2.24, 2.45) is 21.7 Å². The van der Waals surface area contributed by atoms with Gasteiger partial charge in [0, 0.05) is 0 Å². The van der Waals surface area contributed by atoms with E-state index in [9.17, 15) is 0 Å². The first-order chi connectivity index (χ1) is 7.13. The Hall–Kier alpha value is -2.04. The quantitative estimate of drug-likeness (QED) is 0.387. The first-order valence-electron chi connectivity index (χ1n) is 4.58. The molecule has 5 nitrogen and oxygen atoms in total. The van der Waals surface area contributed by atoms with Gasteiger partial charge in [-0.3, -0.25) is 0 Å². The second-order valence-corrected chi connectivity index (χ2v) is 2.97. The summed E-state index contributed by atoms with van der Waals surface area (Å²) in [4.78, 5) is 0. The fraction of sp³-hybridized carbons (Fsp3) is 0.200. The van der Waals surface area contributed by atoms with E-state index in [-0.39, 0.29) is 11.7 Å². The van der Waals surface area contributed by atoms with Gasteiger partial charge in [-0.25, -0.2) is 0 Å². The molecule has 0 atom stereocenters. The standard InChI is InChI=1S/C10H14N4O/c1-2-9(13-14-10(11)12)7-3-5-8(15)6-4-7/h3-6,15H,2H2,1H3,(H4,11,12,14)/b13-9+. The number of nitrogens with two attached hydrogens (primary N) is 2. The third kappa shape index (κ3) is 3.30. The zero-order valence-corrected chi connectivity index (χ0v) is 8.51. The minimum atomic E-state index is -0.0697. The Balaban J connectivity index is 2.97. The summed E-state index contributed by atoms with van der Waals surface area (Å²) in [5.41, 5.74) is 12.0. The van der Waals surface area contributed by atoms with Gasteiger partial charge in [0.05, 0.1) is 5.71 Å². The van der Waals surface area contributed by atoms with Gasteiger partial charge in [0.2, 0.25) is 5.96 Å². The van der Waals surface area contributed by atoms with Crippen LogP contribution in [0.3, 0.4) is 0 Å². The van der Waals surface area contributed by atoms with Crippen LogP contribution in [0.2, 0.25) is 0 Å². The molecule has 1 aromatic carbocycles. The third-order valence-electron chi connectivity index (χ3n) is 1.82. The van der Waals surface area contributed by atoms with Crippen molar-refractivity contribution >= 4 is 11.7 Å². The molecular weight excluding hydrogens is 192 g/mol. The van der Waals surface area contributed by atoms with E-state index < -0.39 is 0 Å². The molecule has 5 heteroatoms. The summed E-state index contributed by atoms with van der Waals surface area (Å²) in [6.07, 6.45) is 0.710. The lowest BCUT2D eigenvalue weighted by molar-refractivity contribution is 0.475. The molecular formula is C10H14N4O. The molecule has 0 aromatic heterocycles. The summed E-state index contributed by atoms with van der Waals surface area (Å²) in [5.74, 6) is 0.149. The van der Waals surface area contributed by atoms with E-state index in [2.05, 4.69) is 10.2 Å². The lowest BCUT2D eigenvalue weighted by Crippen LogP contribution is -2.22. The number of phenolic OH excluding ortho intramolecular Hbond substituents is 1. The lowest BCUT2D eigenvalue weighted by Gasteiger charge is -2.01. The van der Waals surface area contributed by atoms with Crippen molar-refractivity contribution in [1.29, 1.82) is 0 Å². The molecule has 80 valence electrons. The monoisotopic (exact) mass is 206 g/mol. The fourth-order valence-corrected chi connectivity index (χ4v) is 1.10. The van der Waals surface area contributed by atoms with Crippen molar-refractivity contribution in [2.75, 3.05) is 0 Å². The molecule has 5 N–H and O–H groups in total. The summed E-state index contributed by atoms with van der Waals surface area (Å²) in [6, 6.07) is 6.71. The molecule has 0 heterocycles. The lowest BCUT2D eigenvalue weighted by atomic mass is 10.1. The van der Waals surface area contributed by atoms with Gasteiger partial charge in [-0.05, 0) is 36.2 Å². The van der Waals surface area contributed by atoms with Crippen molar-refractivity contribution in [3.63, 3.8) is 0 Å². The van der Waals surface area contributed by atoms with E-state index >= 15 is 0 Å². The zero-order valence-electron chi connectivity index (χ0n) is 8.51. The molecule has 0 spiro atoms. The molecule has 0 radical (unpaired) electrons. The van der Waals surface area contributed by atoms with Crippen molar-refractivity contribution in [1.82, 2.24) is 0 Å². The molecule has 15 heavy (non-hydrogen) atoms. The van der Waals surface area contributed by atoms with E-state index in [1.807, 2.05) is 6.92 Å². The van der Waals surface area contributed by atoms with E-state index in [4.69, 9.17) is 16.6 Å². The number of phenols is 1. The molecule has 0 aliphatic rings. The van der Waals surface area contributed by atoms with E-state index in [0.717, 1.165) is 11.3 Å². The smallest absolute Gasteiger partial charge is 0.211 e. The summed E-state index contributed by atoms with van der Waals surface area (Å²) in [5, 5.41) is 16.6. The number of rotatable bonds is 3. The van der Waals surface area contributed by atoms with Crippen LogP contribution in [0.25, 0.3) is 0 Å². The summed E-state index contributed by atoms with van der Waals surface area (Å²) in [7, 11) is 0. The topological polar surface area (TPSA) is 97.0 Å². The number of benzene rings is 1. The maximum absolute atomic E-state index is 9.12. The number of guanidine groups is 1. The van der Waals surface area contributed by atoms with Gasteiger partial charge >= 0.3 is 0 Å². The predicted molar refractivity (Wildman–Crippen MR) is 60.7 cm³/mol. The number of nitrogens with zero attached hydrogens (tertiary/aromatic N) is 2. The molecule has 0 fully saturated rings. The van der Waals surface area contributed by atoms with Crippen molar-refractivity contribution < 1.29 is 5.11 Å². The van der Waals surface area contributed by atoms with Gasteiger partial charge < -0.3 is 16.6 Å². The number of hydrogen-bond donors (Lipinski definition) is 3. The number of hydrogen-bond acceptors (Lipinski definition) is 3. The highest BCUT2D eigenvalue weighted by atomic mass is 16.3. The molecule has 1 rings (SSSR count). The van der Waals surface area contributed by atoms with Crippen LogP contribution in [0.5, 0.6) is 5.75 Å². The van der Waals surface area contributed by atoms with Crippen molar-refractivity contribution in [2.45, 2.75) is 13.3 Å². The van der Waals surface area contributed by atoms with Gasteiger partial charge in [0.15, 0.2) is 0 Å². The highest BCUT2D eigenvalue weighted by Gasteiger charge is 2.00.